The highest BCUT2D eigenvalue weighted by molar-refractivity contribution is 9.10. The molecule has 0 atom stereocenters. The van der Waals surface area contributed by atoms with E-state index in [1.807, 2.05) is 41.3 Å². The van der Waals surface area contributed by atoms with Gasteiger partial charge in [-0.15, -0.1) is 0 Å². The molecule has 0 spiro atoms. The molecule has 2 aromatic rings. The number of benzene rings is 2. The molecule has 0 bridgehead atoms. The summed E-state index contributed by atoms with van der Waals surface area (Å²) in [6, 6.07) is 11.5. The maximum absolute atomic E-state index is 12.9. The molecule has 0 aliphatic carbocycles. The number of nitrogens with zero attached hydrogens (tertiary/aromatic N) is 1. The van der Waals surface area contributed by atoms with Crippen LogP contribution in [0, 0.1) is 0 Å². The van der Waals surface area contributed by atoms with Gasteiger partial charge >= 0.3 is 0 Å². The molecule has 1 heterocycles. The SMILES string of the molecule is COc1ccc(CN2C(=O)c3ccc(Br)c(OC)c3C2(C)C)cc1. The summed E-state index contributed by atoms with van der Waals surface area (Å²) >= 11 is 3.52. The fourth-order valence-electron chi connectivity index (χ4n) is 3.26. The number of carbonyl (C=O) groups is 1. The third kappa shape index (κ3) is 2.57. The van der Waals surface area contributed by atoms with Crippen LogP contribution in [0.3, 0.4) is 0 Å². The van der Waals surface area contributed by atoms with Crippen molar-refractivity contribution in [1.82, 2.24) is 4.90 Å². The zero-order chi connectivity index (χ0) is 17.5. The van der Waals surface area contributed by atoms with Crippen LogP contribution < -0.4 is 9.47 Å². The Morgan fingerprint density at radius 1 is 1.04 bits per heavy atom. The van der Waals surface area contributed by atoms with Crippen molar-refractivity contribution in [3.8, 4) is 11.5 Å². The van der Waals surface area contributed by atoms with E-state index in [1.54, 1.807) is 14.2 Å². The van der Waals surface area contributed by atoms with E-state index in [2.05, 4.69) is 29.8 Å². The van der Waals surface area contributed by atoms with Crippen LogP contribution in [0.5, 0.6) is 11.5 Å². The van der Waals surface area contributed by atoms with Gasteiger partial charge in [0.25, 0.3) is 5.91 Å². The standard InChI is InChI=1S/C19H20BrNO3/c1-19(2)16-14(9-10-15(20)17(16)24-4)18(22)21(19)11-12-5-7-13(23-3)8-6-12/h5-10H,11H2,1-4H3. The number of fused-ring (bicyclic) bond motifs is 1. The number of hydrogen-bond acceptors (Lipinski definition) is 3. The Morgan fingerprint density at radius 3 is 2.29 bits per heavy atom. The van der Waals surface area contributed by atoms with E-state index in [0.717, 1.165) is 27.1 Å². The number of halogens is 1. The normalized spacial score (nSPS) is 15.4. The fraction of sp³-hybridized carbons (Fsp3) is 0.316. The molecule has 0 saturated heterocycles. The summed E-state index contributed by atoms with van der Waals surface area (Å²) in [7, 11) is 3.27. The van der Waals surface area contributed by atoms with Crippen molar-refractivity contribution in [3.05, 3.63) is 57.6 Å². The van der Waals surface area contributed by atoms with Crippen molar-refractivity contribution >= 4 is 21.8 Å². The van der Waals surface area contributed by atoms with E-state index in [9.17, 15) is 4.79 Å². The van der Waals surface area contributed by atoms with Crippen molar-refractivity contribution in [2.75, 3.05) is 14.2 Å². The van der Waals surface area contributed by atoms with Crippen LogP contribution in [0.4, 0.5) is 0 Å². The summed E-state index contributed by atoms with van der Waals surface area (Å²) in [5, 5.41) is 0. The van der Waals surface area contributed by atoms with E-state index >= 15 is 0 Å². The highest BCUT2D eigenvalue weighted by Gasteiger charge is 2.45. The molecule has 0 unspecified atom stereocenters. The lowest BCUT2D eigenvalue weighted by Gasteiger charge is -2.33. The van der Waals surface area contributed by atoms with Crippen molar-refractivity contribution in [1.29, 1.82) is 0 Å². The first kappa shape index (κ1) is 16.8. The second-order valence-electron chi connectivity index (χ2n) is 6.30. The first-order chi connectivity index (χ1) is 11.4. The first-order valence-corrected chi connectivity index (χ1v) is 8.51. The van der Waals surface area contributed by atoms with Crippen LogP contribution >= 0.6 is 15.9 Å². The van der Waals surface area contributed by atoms with Crippen LogP contribution in [0.15, 0.2) is 40.9 Å². The third-order valence-electron chi connectivity index (χ3n) is 4.58. The number of ether oxygens (including phenoxy) is 2. The molecule has 4 nitrogen and oxygen atoms in total. The molecule has 0 aromatic heterocycles. The molecule has 126 valence electrons. The molecule has 3 rings (SSSR count). The average molecular weight is 390 g/mol. The number of hydrogen-bond donors (Lipinski definition) is 0. The molecular formula is C19H20BrNO3. The Bertz CT molecular complexity index is 784. The van der Waals surface area contributed by atoms with Gasteiger partial charge in [-0.3, -0.25) is 4.79 Å². The summed E-state index contributed by atoms with van der Waals surface area (Å²) in [6.07, 6.45) is 0. The number of rotatable bonds is 4. The lowest BCUT2D eigenvalue weighted by Crippen LogP contribution is -2.38. The first-order valence-electron chi connectivity index (χ1n) is 7.72. The highest BCUT2D eigenvalue weighted by atomic mass is 79.9. The maximum atomic E-state index is 12.9. The molecule has 1 amide bonds. The minimum atomic E-state index is -0.457. The van der Waals surface area contributed by atoms with E-state index in [-0.39, 0.29) is 5.91 Å². The Hall–Kier alpha value is -2.01. The van der Waals surface area contributed by atoms with Gasteiger partial charge in [0.05, 0.1) is 24.2 Å². The molecule has 0 radical (unpaired) electrons. The van der Waals surface area contributed by atoms with Crippen LogP contribution in [-0.2, 0) is 12.1 Å². The van der Waals surface area contributed by atoms with E-state index in [0.29, 0.717) is 12.1 Å². The largest absolute Gasteiger partial charge is 0.497 e. The predicted molar refractivity (Wildman–Crippen MR) is 96.6 cm³/mol. The molecule has 1 aliphatic rings. The van der Waals surface area contributed by atoms with Gasteiger partial charge in [0.15, 0.2) is 0 Å². The molecule has 5 heteroatoms. The Morgan fingerprint density at radius 2 is 1.71 bits per heavy atom. The van der Waals surface area contributed by atoms with Gasteiger partial charge in [-0.05, 0) is 59.6 Å². The van der Waals surface area contributed by atoms with Crippen molar-refractivity contribution < 1.29 is 14.3 Å². The summed E-state index contributed by atoms with van der Waals surface area (Å²) in [4.78, 5) is 14.8. The van der Waals surface area contributed by atoms with Crippen LogP contribution in [0.1, 0.15) is 35.3 Å². The number of carbonyl (C=O) groups excluding carboxylic acids is 1. The molecule has 0 fully saturated rings. The Kier molecular flexibility index (Phi) is 4.30. The maximum Gasteiger partial charge on any atom is 0.255 e. The summed E-state index contributed by atoms with van der Waals surface area (Å²) in [5.74, 6) is 1.55. The topological polar surface area (TPSA) is 38.8 Å². The lowest BCUT2D eigenvalue weighted by molar-refractivity contribution is 0.0593. The predicted octanol–water partition coefficient (Wildman–Crippen LogP) is 4.36. The van der Waals surface area contributed by atoms with Gasteiger partial charge in [-0.2, -0.15) is 0 Å². The van der Waals surface area contributed by atoms with Gasteiger partial charge in [-0.1, -0.05) is 12.1 Å². The van der Waals surface area contributed by atoms with Gasteiger partial charge in [0, 0.05) is 17.7 Å². The molecule has 0 N–H and O–H groups in total. The minimum absolute atomic E-state index is 0.0246. The van der Waals surface area contributed by atoms with Crippen LogP contribution in [0.25, 0.3) is 0 Å². The van der Waals surface area contributed by atoms with Gasteiger partial charge < -0.3 is 14.4 Å². The zero-order valence-corrected chi connectivity index (χ0v) is 15.8. The number of amides is 1. The molecule has 1 aliphatic heterocycles. The second-order valence-corrected chi connectivity index (χ2v) is 7.16. The summed E-state index contributed by atoms with van der Waals surface area (Å²) in [5.41, 5.74) is 2.23. The third-order valence-corrected chi connectivity index (χ3v) is 5.20. The zero-order valence-electron chi connectivity index (χ0n) is 14.2. The summed E-state index contributed by atoms with van der Waals surface area (Å²) < 4.78 is 11.6. The molecule has 2 aromatic carbocycles. The van der Waals surface area contributed by atoms with E-state index < -0.39 is 5.54 Å². The lowest BCUT2D eigenvalue weighted by atomic mass is 9.92. The van der Waals surface area contributed by atoms with Gasteiger partial charge in [-0.25, -0.2) is 0 Å². The quantitative estimate of drug-likeness (QED) is 0.779. The van der Waals surface area contributed by atoms with Gasteiger partial charge in [0.1, 0.15) is 11.5 Å². The Labute approximate surface area is 150 Å². The van der Waals surface area contributed by atoms with Crippen LogP contribution in [-0.4, -0.2) is 25.0 Å². The Balaban J connectivity index is 2.00. The molecular weight excluding hydrogens is 370 g/mol. The average Bonchev–Trinajstić information content (AvgIpc) is 2.76. The van der Waals surface area contributed by atoms with E-state index in [1.165, 1.54) is 0 Å². The van der Waals surface area contributed by atoms with Crippen molar-refractivity contribution in [3.63, 3.8) is 0 Å². The fourth-order valence-corrected chi connectivity index (χ4v) is 3.75. The highest BCUT2D eigenvalue weighted by Crippen LogP contribution is 2.47. The molecule has 0 saturated carbocycles. The summed E-state index contributed by atoms with van der Waals surface area (Å²) in [6.45, 7) is 4.63. The van der Waals surface area contributed by atoms with Crippen molar-refractivity contribution in [2.45, 2.75) is 25.9 Å². The van der Waals surface area contributed by atoms with Crippen molar-refractivity contribution in [2.24, 2.45) is 0 Å². The van der Waals surface area contributed by atoms with E-state index in [4.69, 9.17) is 9.47 Å². The monoisotopic (exact) mass is 389 g/mol. The number of methoxy groups -OCH3 is 2. The van der Waals surface area contributed by atoms with Crippen LogP contribution in [0.2, 0.25) is 0 Å². The van der Waals surface area contributed by atoms with Gasteiger partial charge in [0.2, 0.25) is 0 Å². The smallest absolute Gasteiger partial charge is 0.255 e. The second kappa shape index (κ2) is 6.13. The minimum Gasteiger partial charge on any atom is -0.497 e. The molecule has 24 heavy (non-hydrogen) atoms.